The summed E-state index contributed by atoms with van der Waals surface area (Å²) in [6.45, 7) is 2.01. The molecule has 0 bridgehead atoms. The summed E-state index contributed by atoms with van der Waals surface area (Å²) >= 11 is 1.66. The van der Waals surface area contributed by atoms with Gasteiger partial charge >= 0.3 is 0 Å². The Balaban J connectivity index is 2.40. The Hall–Kier alpha value is -1.19. The molecule has 0 radical (unpaired) electrons. The minimum Gasteiger partial charge on any atom is -0.369 e. The maximum atomic E-state index is 12.0. The van der Waals surface area contributed by atoms with Gasteiger partial charge in [-0.1, -0.05) is 25.1 Å². The summed E-state index contributed by atoms with van der Waals surface area (Å²) in [6.07, 6.45) is 1.02. The van der Waals surface area contributed by atoms with Crippen molar-refractivity contribution in [2.75, 3.05) is 7.11 Å². The highest BCUT2D eigenvalue weighted by Crippen LogP contribution is 2.32. The van der Waals surface area contributed by atoms with Crippen molar-refractivity contribution in [1.29, 1.82) is 0 Å². The Kier molecular flexibility index (Phi) is 3.92. The van der Waals surface area contributed by atoms with Crippen LogP contribution in [0.2, 0.25) is 0 Å². The molecule has 0 saturated carbocycles. The van der Waals surface area contributed by atoms with Crippen molar-refractivity contribution in [3.63, 3.8) is 0 Å². The van der Waals surface area contributed by atoms with E-state index >= 15 is 0 Å². The molecule has 0 aliphatic rings. The number of fused-ring (bicyclic) bond motifs is 1. The van der Waals surface area contributed by atoms with E-state index in [0.29, 0.717) is 6.42 Å². The van der Waals surface area contributed by atoms with E-state index in [9.17, 15) is 4.79 Å². The van der Waals surface area contributed by atoms with Crippen molar-refractivity contribution in [2.24, 2.45) is 0 Å². The van der Waals surface area contributed by atoms with Gasteiger partial charge in [-0.2, -0.15) is 0 Å². The lowest BCUT2D eigenvalue weighted by Crippen LogP contribution is -2.13. The summed E-state index contributed by atoms with van der Waals surface area (Å²) in [4.78, 5) is 12.0. The maximum absolute atomic E-state index is 12.0. The molecule has 0 fully saturated rings. The lowest BCUT2D eigenvalue weighted by molar-refractivity contribution is -0.129. The molecule has 1 aromatic heterocycles. The fourth-order valence-corrected chi connectivity index (χ4v) is 2.99. The summed E-state index contributed by atoms with van der Waals surface area (Å²) in [6, 6.07) is 8.13. The van der Waals surface area contributed by atoms with E-state index in [1.54, 1.807) is 18.4 Å². The fraction of sp³-hybridized carbons (Fsp3) is 0.357. The van der Waals surface area contributed by atoms with Gasteiger partial charge in [-0.05, 0) is 23.3 Å². The molecule has 1 aromatic carbocycles. The van der Waals surface area contributed by atoms with Crippen molar-refractivity contribution in [3.8, 4) is 0 Å². The standard InChI is InChI=1S/C14H16O2S/c1-3-6-12(15)14(16-2)11-9-17-13-8-5-4-7-10(11)13/h4-5,7-9,14H,3,6H2,1-2H3. The molecule has 0 N–H and O–H groups in total. The zero-order valence-corrected chi connectivity index (χ0v) is 10.9. The van der Waals surface area contributed by atoms with E-state index in [-0.39, 0.29) is 5.78 Å². The first-order valence-electron chi connectivity index (χ1n) is 5.79. The molecule has 2 rings (SSSR count). The molecule has 0 spiro atoms. The largest absolute Gasteiger partial charge is 0.369 e. The number of hydrogen-bond acceptors (Lipinski definition) is 3. The number of ether oxygens (including phenoxy) is 1. The van der Waals surface area contributed by atoms with Crippen LogP contribution < -0.4 is 0 Å². The molecule has 0 aliphatic heterocycles. The Morgan fingerprint density at radius 1 is 1.41 bits per heavy atom. The molecule has 1 unspecified atom stereocenters. The predicted octanol–water partition coefficient (Wildman–Crippen LogP) is 3.96. The highest BCUT2D eigenvalue weighted by molar-refractivity contribution is 7.17. The van der Waals surface area contributed by atoms with E-state index in [1.165, 1.54) is 4.70 Å². The number of Topliss-reactive ketones (excluding diaryl/α,β-unsaturated/α-hetero) is 1. The second kappa shape index (κ2) is 5.43. The van der Waals surface area contributed by atoms with Gasteiger partial charge in [0.2, 0.25) is 0 Å². The quantitative estimate of drug-likeness (QED) is 0.800. The average Bonchev–Trinajstić information content (AvgIpc) is 2.75. The van der Waals surface area contributed by atoms with Crippen LogP contribution in [0.15, 0.2) is 29.6 Å². The summed E-state index contributed by atoms with van der Waals surface area (Å²) < 4.78 is 6.58. The fourth-order valence-electron chi connectivity index (χ4n) is 2.01. The van der Waals surface area contributed by atoms with E-state index in [0.717, 1.165) is 17.4 Å². The van der Waals surface area contributed by atoms with Gasteiger partial charge in [0.25, 0.3) is 0 Å². The van der Waals surface area contributed by atoms with Crippen LogP contribution in [0.1, 0.15) is 31.4 Å². The van der Waals surface area contributed by atoms with Crippen molar-refractivity contribution >= 4 is 27.2 Å². The molecular formula is C14H16O2S. The lowest BCUT2D eigenvalue weighted by Gasteiger charge is -2.13. The van der Waals surface area contributed by atoms with Crippen LogP contribution in [-0.4, -0.2) is 12.9 Å². The highest BCUT2D eigenvalue weighted by Gasteiger charge is 2.21. The summed E-state index contributed by atoms with van der Waals surface area (Å²) in [5.74, 6) is 0.165. The molecule has 90 valence electrons. The van der Waals surface area contributed by atoms with E-state index in [4.69, 9.17) is 4.74 Å². The van der Waals surface area contributed by atoms with E-state index in [2.05, 4.69) is 6.07 Å². The number of ketones is 1. The van der Waals surface area contributed by atoms with Gasteiger partial charge in [0.05, 0.1) is 0 Å². The maximum Gasteiger partial charge on any atom is 0.166 e. The Morgan fingerprint density at radius 2 is 2.18 bits per heavy atom. The lowest BCUT2D eigenvalue weighted by atomic mass is 10.0. The molecule has 3 heteroatoms. The number of carbonyl (C=O) groups is 1. The van der Waals surface area contributed by atoms with Crippen molar-refractivity contribution in [1.82, 2.24) is 0 Å². The van der Waals surface area contributed by atoms with Crippen LogP contribution in [0.3, 0.4) is 0 Å². The van der Waals surface area contributed by atoms with Gasteiger partial charge in [-0.25, -0.2) is 0 Å². The number of rotatable bonds is 5. The Bertz CT molecular complexity index is 516. The Labute approximate surface area is 105 Å². The molecule has 1 atom stereocenters. The second-order valence-corrected chi connectivity index (χ2v) is 4.93. The zero-order valence-electron chi connectivity index (χ0n) is 10.1. The Morgan fingerprint density at radius 3 is 2.88 bits per heavy atom. The molecule has 17 heavy (non-hydrogen) atoms. The first-order valence-corrected chi connectivity index (χ1v) is 6.67. The predicted molar refractivity (Wildman–Crippen MR) is 71.5 cm³/mol. The van der Waals surface area contributed by atoms with Gasteiger partial charge < -0.3 is 4.74 Å². The van der Waals surface area contributed by atoms with Crippen LogP contribution in [0.5, 0.6) is 0 Å². The third kappa shape index (κ3) is 2.40. The summed E-state index contributed by atoms with van der Waals surface area (Å²) in [5, 5.41) is 3.17. The summed E-state index contributed by atoms with van der Waals surface area (Å²) in [5.41, 5.74) is 1.01. The highest BCUT2D eigenvalue weighted by atomic mass is 32.1. The molecule has 0 saturated heterocycles. The van der Waals surface area contributed by atoms with Crippen LogP contribution in [0.25, 0.3) is 10.1 Å². The molecule has 2 aromatic rings. The molecule has 0 amide bonds. The summed E-state index contributed by atoms with van der Waals surface area (Å²) in [7, 11) is 1.60. The van der Waals surface area contributed by atoms with E-state index < -0.39 is 6.10 Å². The van der Waals surface area contributed by atoms with Gasteiger partial charge in [0.15, 0.2) is 5.78 Å². The van der Waals surface area contributed by atoms with Crippen molar-refractivity contribution < 1.29 is 9.53 Å². The second-order valence-electron chi connectivity index (χ2n) is 4.02. The number of thiophene rings is 1. The van der Waals surface area contributed by atoms with Crippen molar-refractivity contribution in [3.05, 3.63) is 35.2 Å². The molecular weight excluding hydrogens is 232 g/mol. The average molecular weight is 248 g/mol. The zero-order chi connectivity index (χ0) is 12.3. The van der Waals surface area contributed by atoms with Gasteiger partial charge in [0, 0.05) is 23.8 Å². The third-order valence-corrected chi connectivity index (χ3v) is 3.80. The van der Waals surface area contributed by atoms with E-state index in [1.807, 2.05) is 30.5 Å². The van der Waals surface area contributed by atoms with Crippen molar-refractivity contribution in [2.45, 2.75) is 25.9 Å². The smallest absolute Gasteiger partial charge is 0.166 e. The van der Waals surface area contributed by atoms with Crippen LogP contribution >= 0.6 is 11.3 Å². The number of hydrogen-bond donors (Lipinski definition) is 0. The SMILES string of the molecule is CCCC(=O)C(OC)c1csc2ccccc12. The number of carbonyl (C=O) groups excluding carboxylic acids is 1. The monoisotopic (exact) mass is 248 g/mol. The van der Waals surface area contributed by atoms with Crippen LogP contribution in [-0.2, 0) is 9.53 Å². The molecule has 0 aliphatic carbocycles. The van der Waals surface area contributed by atoms with Gasteiger partial charge in [0.1, 0.15) is 6.10 Å². The molecule has 1 heterocycles. The normalized spacial score (nSPS) is 12.8. The number of benzene rings is 1. The third-order valence-electron chi connectivity index (χ3n) is 2.82. The topological polar surface area (TPSA) is 26.3 Å². The molecule has 2 nitrogen and oxygen atoms in total. The minimum absolute atomic E-state index is 0.165. The first kappa shape index (κ1) is 12.3. The van der Waals surface area contributed by atoms with Crippen LogP contribution in [0.4, 0.5) is 0 Å². The number of methoxy groups -OCH3 is 1. The first-order chi connectivity index (χ1) is 8.27. The van der Waals surface area contributed by atoms with Gasteiger partial charge in [-0.3, -0.25) is 4.79 Å². The van der Waals surface area contributed by atoms with Gasteiger partial charge in [-0.15, -0.1) is 11.3 Å². The minimum atomic E-state index is -0.411. The van der Waals surface area contributed by atoms with Crippen LogP contribution in [0, 0.1) is 0 Å².